The number of thioether (sulfide) groups is 1. The first-order valence-electron chi connectivity index (χ1n) is 9.28. The summed E-state index contributed by atoms with van der Waals surface area (Å²) in [5, 5.41) is 0.293. The van der Waals surface area contributed by atoms with E-state index in [2.05, 4.69) is 0 Å². The Hall–Kier alpha value is -2.83. The van der Waals surface area contributed by atoms with Gasteiger partial charge in [-0.25, -0.2) is 4.39 Å². The van der Waals surface area contributed by atoms with E-state index in [0.717, 1.165) is 34.3 Å². The Labute approximate surface area is 182 Å². The zero-order valence-electron chi connectivity index (χ0n) is 16.4. The van der Waals surface area contributed by atoms with Crippen LogP contribution in [0.25, 0.3) is 11.8 Å². The SMILES string of the molecule is Cc1cc(/C=C2/SC(=O)N(Cc3ccc(Cl)cc3)C2=O)c(C)n1-c1cccc(F)c1. The molecule has 1 aliphatic heterocycles. The molecule has 3 aromatic rings. The molecule has 0 unspecified atom stereocenters. The molecule has 0 spiro atoms. The minimum atomic E-state index is -0.324. The van der Waals surface area contributed by atoms with Crippen LogP contribution >= 0.6 is 23.4 Å². The van der Waals surface area contributed by atoms with Gasteiger partial charge in [-0.05, 0) is 79.2 Å². The number of aromatic nitrogens is 1. The van der Waals surface area contributed by atoms with E-state index in [9.17, 15) is 14.0 Å². The Morgan fingerprint density at radius 2 is 1.80 bits per heavy atom. The molecule has 0 bridgehead atoms. The maximum absolute atomic E-state index is 13.7. The summed E-state index contributed by atoms with van der Waals surface area (Å²) < 4.78 is 15.6. The summed E-state index contributed by atoms with van der Waals surface area (Å²) in [6.07, 6.45) is 1.73. The lowest BCUT2D eigenvalue weighted by atomic mass is 10.2. The molecule has 30 heavy (non-hydrogen) atoms. The van der Waals surface area contributed by atoms with Crippen molar-refractivity contribution >= 4 is 40.6 Å². The van der Waals surface area contributed by atoms with E-state index < -0.39 is 0 Å². The number of hydrogen-bond donors (Lipinski definition) is 0. The zero-order chi connectivity index (χ0) is 21.4. The number of aryl methyl sites for hydroxylation is 1. The summed E-state index contributed by atoms with van der Waals surface area (Å²) in [7, 11) is 0. The second kappa shape index (κ2) is 8.13. The molecule has 4 rings (SSSR count). The fourth-order valence-corrected chi connectivity index (χ4v) is 4.45. The van der Waals surface area contributed by atoms with E-state index in [0.29, 0.717) is 15.6 Å². The Balaban J connectivity index is 1.62. The first kappa shape index (κ1) is 20.4. The normalized spacial score (nSPS) is 15.5. The van der Waals surface area contributed by atoms with Crippen LogP contribution in [0.2, 0.25) is 5.02 Å². The van der Waals surface area contributed by atoms with Crippen LogP contribution in [-0.4, -0.2) is 20.6 Å². The molecule has 0 atom stereocenters. The quantitative estimate of drug-likeness (QED) is 0.459. The first-order valence-corrected chi connectivity index (χ1v) is 10.5. The van der Waals surface area contributed by atoms with E-state index in [1.165, 1.54) is 17.0 Å². The molecular formula is C23H18ClFN2O2S. The van der Waals surface area contributed by atoms with Gasteiger partial charge < -0.3 is 4.57 Å². The van der Waals surface area contributed by atoms with Crippen LogP contribution in [0.4, 0.5) is 9.18 Å². The molecule has 1 aliphatic rings. The van der Waals surface area contributed by atoms with Gasteiger partial charge in [-0.1, -0.05) is 29.8 Å². The van der Waals surface area contributed by atoms with Gasteiger partial charge in [0, 0.05) is 22.1 Å². The van der Waals surface area contributed by atoms with Crippen LogP contribution in [0.3, 0.4) is 0 Å². The van der Waals surface area contributed by atoms with Crippen molar-refractivity contribution in [1.29, 1.82) is 0 Å². The summed E-state index contributed by atoms with van der Waals surface area (Å²) in [6.45, 7) is 4.02. The van der Waals surface area contributed by atoms with Gasteiger partial charge in [0.05, 0.1) is 11.4 Å². The molecular weight excluding hydrogens is 423 g/mol. The van der Waals surface area contributed by atoms with Gasteiger partial charge in [0.25, 0.3) is 11.1 Å². The third-order valence-electron chi connectivity index (χ3n) is 4.95. The maximum Gasteiger partial charge on any atom is 0.293 e. The summed E-state index contributed by atoms with van der Waals surface area (Å²) in [6, 6.07) is 15.3. The molecule has 2 amide bonds. The minimum absolute atomic E-state index is 0.196. The molecule has 152 valence electrons. The lowest BCUT2D eigenvalue weighted by molar-refractivity contribution is -0.123. The van der Waals surface area contributed by atoms with Gasteiger partial charge in [0.1, 0.15) is 5.82 Å². The van der Waals surface area contributed by atoms with Gasteiger partial charge in [-0.15, -0.1) is 0 Å². The molecule has 2 aromatic carbocycles. The Morgan fingerprint density at radius 3 is 2.50 bits per heavy atom. The van der Waals surface area contributed by atoms with E-state index in [1.54, 1.807) is 36.4 Å². The number of rotatable bonds is 4. The number of nitrogens with zero attached hydrogens (tertiary/aromatic N) is 2. The van der Waals surface area contributed by atoms with Crippen LogP contribution in [0.5, 0.6) is 0 Å². The zero-order valence-corrected chi connectivity index (χ0v) is 17.9. The molecule has 0 N–H and O–H groups in total. The summed E-state index contributed by atoms with van der Waals surface area (Å²) >= 11 is 6.82. The minimum Gasteiger partial charge on any atom is -0.318 e. The first-order chi connectivity index (χ1) is 14.3. The second-order valence-electron chi connectivity index (χ2n) is 7.04. The fourth-order valence-electron chi connectivity index (χ4n) is 3.50. The molecule has 1 fully saturated rings. The Kier molecular flexibility index (Phi) is 5.54. The number of benzene rings is 2. The van der Waals surface area contributed by atoms with E-state index in [1.807, 2.05) is 30.5 Å². The lowest BCUT2D eigenvalue weighted by Gasteiger charge is -2.12. The van der Waals surface area contributed by atoms with Crippen molar-refractivity contribution in [2.75, 3.05) is 0 Å². The van der Waals surface area contributed by atoms with Gasteiger partial charge >= 0.3 is 0 Å². The average Bonchev–Trinajstić information content (AvgIpc) is 3.13. The van der Waals surface area contributed by atoms with E-state index >= 15 is 0 Å². The van der Waals surface area contributed by atoms with Crippen LogP contribution < -0.4 is 0 Å². The topological polar surface area (TPSA) is 42.3 Å². The fraction of sp³-hybridized carbons (Fsp3) is 0.130. The molecule has 0 radical (unpaired) electrons. The number of carbonyl (C=O) groups excluding carboxylic acids is 2. The van der Waals surface area contributed by atoms with Crippen molar-refractivity contribution in [2.24, 2.45) is 0 Å². The molecule has 7 heteroatoms. The maximum atomic E-state index is 13.7. The second-order valence-corrected chi connectivity index (χ2v) is 8.47. The predicted molar refractivity (Wildman–Crippen MR) is 118 cm³/mol. The van der Waals surface area contributed by atoms with E-state index in [4.69, 9.17) is 11.6 Å². The summed E-state index contributed by atoms with van der Waals surface area (Å²) in [5.74, 6) is -0.639. The smallest absolute Gasteiger partial charge is 0.293 e. The number of halogens is 2. The number of amides is 2. The van der Waals surface area contributed by atoms with Crippen LogP contribution in [0.15, 0.2) is 59.5 Å². The standard InChI is InChI=1S/C23H18ClFN2O2S/c1-14-10-17(15(2)27(14)20-5-3-4-19(25)12-20)11-21-22(28)26(23(29)30-21)13-16-6-8-18(24)9-7-16/h3-12H,13H2,1-2H3/b21-11+. The monoisotopic (exact) mass is 440 g/mol. The van der Waals surface area contributed by atoms with Gasteiger partial charge in [0.15, 0.2) is 0 Å². The molecule has 4 nitrogen and oxygen atoms in total. The molecule has 2 heterocycles. The third-order valence-corrected chi connectivity index (χ3v) is 6.11. The van der Waals surface area contributed by atoms with Crippen molar-refractivity contribution < 1.29 is 14.0 Å². The molecule has 0 saturated carbocycles. The highest BCUT2D eigenvalue weighted by Gasteiger charge is 2.35. The van der Waals surface area contributed by atoms with Gasteiger partial charge in [0.2, 0.25) is 0 Å². The summed E-state index contributed by atoms with van der Waals surface area (Å²) in [4.78, 5) is 26.9. The van der Waals surface area contributed by atoms with Crippen LogP contribution in [0, 0.1) is 19.7 Å². The highest BCUT2D eigenvalue weighted by atomic mass is 35.5. The largest absolute Gasteiger partial charge is 0.318 e. The number of carbonyl (C=O) groups is 2. The van der Waals surface area contributed by atoms with Crippen LogP contribution in [-0.2, 0) is 11.3 Å². The molecule has 0 aliphatic carbocycles. The molecule has 1 aromatic heterocycles. The van der Waals surface area contributed by atoms with Crippen molar-refractivity contribution in [3.05, 3.63) is 92.9 Å². The molecule has 1 saturated heterocycles. The van der Waals surface area contributed by atoms with E-state index in [-0.39, 0.29) is 23.5 Å². The highest BCUT2D eigenvalue weighted by molar-refractivity contribution is 8.18. The Morgan fingerprint density at radius 1 is 1.07 bits per heavy atom. The van der Waals surface area contributed by atoms with Crippen molar-refractivity contribution in [3.63, 3.8) is 0 Å². The predicted octanol–water partition coefficient (Wildman–Crippen LogP) is 6.12. The third kappa shape index (κ3) is 3.93. The number of hydrogen-bond acceptors (Lipinski definition) is 3. The van der Waals surface area contributed by atoms with Crippen molar-refractivity contribution in [3.8, 4) is 5.69 Å². The van der Waals surface area contributed by atoms with Gasteiger partial charge in [-0.2, -0.15) is 0 Å². The van der Waals surface area contributed by atoms with Crippen molar-refractivity contribution in [2.45, 2.75) is 20.4 Å². The summed E-state index contributed by atoms with van der Waals surface area (Å²) in [5.41, 5.74) is 4.12. The lowest BCUT2D eigenvalue weighted by Crippen LogP contribution is -2.27. The number of imide groups is 1. The average molecular weight is 441 g/mol. The van der Waals surface area contributed by atoms with Gasteiger partial charge in [-0.3, -0.25) is 14.5 Å². The van der Waals surface area contributed by atoms with Crippen molar-refractivity contribution in [1.82, 2.24) is 9.47 Å². The van der Waals surface area contributed by atoms with Crippen LogP contribution in [0.1, 0.15) is 22.5 Å². The Bertz CT molecular complexity index is 1180. The highest BCUT2D eigenvalue weighted by Crippen LogP contribution is 2.34.